The first-order valence-corrected chi connectivity index (χ1v) is 9.92. The molecule has 3 N–H and O–H groups in total. The Hall–Kier alpha value is -1.67. The Morgan fingerprint density at radius 1 is 1.19 bits per heavy atom. The molecule has 2 aromatic carbocycles. The molecule has 0 aliphatic carbocycles. The molecule has 1 fully saturated rings. The Labute approximate surface area is 167 Å². The lowest BCUT2D eigenvalue weighted by Gasteiger charge is -2.23. The maximum atomic E-state index is 13.8. The highest BCUT2D eigenvalue weighted by Crippen LogP contribution is 2.25. The van der Waals surface area contributed by atoms with E-state index in [-0.39, 0.29) is 5.91 Å². The van der Waals surface area contributed by atoms with Crippen LogP contribution in [0.15, 0.2) is 36.4 Å². The van der Waals surface area contributed by atoms with Crippen LogP contribution >= 0.6 is 22.6 Å². The van der Waals surface area contributed by atoms with Gasteiger partial charge in [-0.25, -0.2) is 4.39 Å². The number of hydrogen-bond donors (Lipinski definition) is 3. The summed E-state index contributed by atoms with van der Waals surface area (Å²) >= 11 is 2.26. The van der Waals surface area contributed by atoms with Crippen molar-refractivity contribution in [2.45, 2.75) is 19.8 Å². The SMILES string of the molecule is Cc1cc(I)ccc1Nc1ccc(F)cc1C(=O)NCC1CCNCC1. The van der Waals surface area contributed by atoms with Gasteiger partial charge in [0.25, 0.3) is 5.91 Å². The summed E-state index contributed by atoms with van der Waals surface area (Å²) in [4.78, 5) is 12.7. The van der Waals surface area contributed by atoms with Gasteiger partial charge in [0.15, 0.2) is 0 Å². The van der Waals surface area contributed by atoms with Crippen LogP contribution in [0.4, 0.5) is 15.8 Å². The van der Waals surface area contributed by atoms with Crippen LogP contribution in [0.3, 0.4) is 0 Å². The minimum atomic E-state index is -0.415. The van der Waals surface area contributed by atoms with E-state index >= 15 is 0 Å². The molecule has 0 unspecified atom stereocenters. The highest BCUT2D eigenvalue weighted by molar-refractivity contribution is 14.1. The Morgan fingerprint density at radius 2 is 1.92 bits per heavy atom. The molecule has 26 heavy (non-hydrogen) atoms. The van der Waals surface area contributed by atoms with Gasteiger partial charge in [-0.3, -0.25) is 4.79 Å². The molecule has 0 bridgehead atoms. The summed E-state index contributed by atoms with van der Waals surface area (Å²) in [6.45, 7) is 4.60. The van der Waals surface area contributed by atoms with E-state index in [0.717, 1.165) is 40.8 Å². The van der Waals surface area contributed by atoms with E-state index in [1.54, 1.807) is 6.07 Å². The van der Waals surface area contributed by atoms with E-state index in [9.17, 15) is 9.18 Å². The van der Waals surface area contributed by atoms with E-state index in [1.165, 1.54) is 12.1 Å². The number of carbonyl (C=O) groups is 1. The number of hydrogen-bond acceptors (Lipinski definition) is 3. The zero-order valence-electron chi connectivity index (χ0n) is 14.7. The van der Waals surface area contributed by atoms with E-state index in [1.807, 2.05) is 19.1 Å². The summed E-state index contributed by atoms with van der Waals surface area (Å²) in [5, 5.41) is 9.56. The van der Waals surface area contributed by atoms with Crippen molar-refractivity contribution in [2.75, 3.05) is 25.0 Å². The van der Waals surface area contributed by atoms with Crippen molar-refractivity contribution in [1.82, 2.24) is 10.6 Å². The molecule has 3 rings (SSSR count). The first-order valence-electron chi connectivity index (χ1n) is 8.84. The number of benzene rings is 2. The third-order valence-electron chi connectivity index (χ3n) is 4.69. The van der Waals surface area contributed by atoms with Crippen LogP contribution in [-0.2, 0) is 0 Å². The lowest BCUT2D eigenvalue weighted by molar-refractivity contribution is 0.0944. The molecule has 1 saturated heterocycles. The minimum absolute atomic E-state index is 0.242. The number of piperidine rings is 1. The highest BCUT2D eigenvalue weighted by atomic mass is 127. The second-order valence-electron chi connectivity index (χ2n) is 6.68. The molecular weight excluding hydrogens is 444 g/mol. The van der Waals surface area contributed by atoms with Crippen LogP contribution < -0.4 is 16.0 Å². The van der Waals surface area contributed by atoms with Gasteiger partial charge in [0.05, 0.1) is 11.3 Å². The largest absolute Gasteiger partial charge is 0.355 e. The van der Waals surface area contributed by atoms with Crippen molar-refractivity contribution in [3.8, 4) is 0 Å². The maximum Gasteiger partial charge on any atom is 0.253 e. The van der Waals surface area contributed by atoms with E-state index in [0.29, 0.717) is 23.7 Å². The average molecular weight is 467 g/mol. The molecule has 1 aliphatic rings. The summed E-state index contributed by atoms with van der Waals surface area (Å²) in [5.74, 6) is -0.181. The zero-order chi connectivity index (χ0) is 18.5. The molecule has 4 nitrogen and oxygen atoms in total. The molecule has 2 aromatic rings. The fraction of sp³-hybridized carbons (Fsp3) is 0.350. The summed E-state index contributed by atoms with van der Waals surface area (Å²) < 4.78 is 14.9. The second-order valence-corrected chi connectivity index (χ2v) is 7.92. The summed E-state index contributed by atoms with van der Waals surface area (Å²) in [6.07, 6.45) is 2.10. The van der Waals surface area contributed by atoms with Crippen LogP contribution in [-0.4, -0.2) is 25.5 Å². The fourth-order valence-electron chi connectivity index (χ4n) is 3.14. The number of carbonyl (C=O) groups excluding carboxylic acids is 1. The molecule has 0 radical (unpaired) electrons. The number of nitrogens with one attached hydrogen (secondary N) is 3. The van der Waals surface area contributed by atoms with Gasteiger partial charge in [-0.05, 0) is 103 Å². The van der Waals surface area contributed by atoms with E-state index in [4.69, 9.17) is 0 Å². The van der Waals surface area contributed by atoms with Crippen LogP contribution in [0.25, 0.3) is 0 Å². The van der Waals surface area contributed by atoms with Gasteiger partial charge >= 0.3 is 0 Å². The zero-order valence-corrected chi connectivity index (χ0v) is 16.9. The van der Waals surface area contributed by atoms with Gasteiger partial charge in [-0.15, -0.1) is 0 Å². The second kappa shape index (κ2) is 8.81. The lowest BCUT2D eigenvalue weighted by Crippen LogP contribution is -2.36. The number of halogens is 2. The average Bonchev–Trinajstić information content (AvgIpc) is 2.64. The standard InChI is InChI=1S/C20H23FIN3O/c1-13-10-16(22)3-5-18(13)25-19-4-2-15(21)11-17(19)20(26)24-12-14-6-8-23-9-7-14/h2-5,10-11,14,23,25H,6-9,12H2,1H3,(H,24,26). The third-order valence-corrected chi connectivity index (χ3v) is 5.37. The predicted molar refractivity (Wildman–Crippen MR) is 112 cm³/mol. The molecule has 1 aliphatic heterocycles. The Morgan fingerprint density at radius 3 is 2.65 bits per heavy atom. The number of aryl methyl sites for hydroxylation is 1. The normalized spacial score (nSPS) is 14.9. The van der Waals surface area contributed by atoms with Gasteiger partial charge in [-0.2, -0.15) is 0 Å². The van der Waals surface area contributed by atoms with Gasteiger partial charge < -0.3 is 16.0 Å². The quantitative estimate of drug-likeness (QED) is 0.578. The third kappa shape index (κ3) is 4.94. The first-order chi connectivity index (χ1) is 12.5. The van der Waals surface area contributed by atoms with Crippen LogP contribution in [0.1, 0.15) is 28.8 Å². The van der Waals surface area contributed by atoms with E-state index in [2.05, 4.69) is 44.6 Å². The molecular formula is C20H23FIN3O. The Kier molecular flexibility index (Phi) is 6.48. The van der Waals surface area contributed by atoms with Gasteiger partial charge in [0, 0.05) is 15.8 Å². The van der Waals surface area contributed by atoms with Gasteiger partial charge in [0.2, 0.25) is 0 Å². The van der Waals surface area contributed by atoms with Gasteiger partial charge in [0.1, 0.15) is 5.82 Å². The minimum Gasteiger partial charge on any atom is -0.355 e. The molecule has 0 saturated carbocycles. The van der Waals surface area contributed by atoms with Crippen molar-refractivity contribution in [2.24, 2.45) is 5.92 Å². The number of amides is 1. The molecule has 0 atom stereocenters. The van der Waals surface area contributed by atoms with Crippen molar-refractivity contribution in [3.63, 3.8) is 0 Å². The lowest BCUT2D eigenvalue weighted by atomic mass is 9.98. The van der Waals surface area contributed by atoms with Crippen molar-refractivity contribution < 1.29 is 9.18 Å². The van der Waals surface area contributed by atoms with E-state index < -0.39 is 5.82 Å². The van der Waals surface area contributed by atoms with Crippen LogP contribution in [0.5, 0.6) is 0 Å². The topological polar surface area (TPSA) is 53.2 Å². The smallest absolute Gasteiger partial charge is 0.253 e. The van der Waals surface area contributed by atoms with Crippen molar-refractivity contribution >= 4 is 39.9 Å². The number of anilines is 2. The first kappa shape index (κ1) is 19.1. The van der Waals surface area contributed by atoms with Crippen LogP contribution in [0.2, 0.25) is 0 Å². The monoisotopic (exact) mass is 467 g/mol. The van der Waals surface area contributed by atoms with Gasteiger partial charge in [-0.1, -0.05) is 0 Å². The molecule has 1 heterocycles. The molecule has 0 spiro atoms. The predicted octanol–water partition coefficient (Wildman–Crippen LogP) is 4.21. The molecule has 138 valence electrons. The molecule has 6 heteroatoms. The fourth-order valence-corrected chi connectivity index (χ4v) is 3.79. The number of rotatable bonds is 5. The maximum absolute atomic E-state index is 13.8. The van der Waals surface area contributed by atoms with Crippen molar-refractivity contribution in [3.05, 3.63) is 56.9 Å². The van der Waals surface area contributed by atoms with Crippen LogP contribution in [0, 0.1) is 22.2 Å². The summed E-state index contributed by atoms with van der Waals surface area (Å²) in [6, 6.07) is 10.3. The summed E-state index contributed by atoms with van der Waals surface area (Å²) in [7, 11) is 0. The highest BCUT2D eigenvalue weighted by Gasteiger charge is 2.17. The molecule has 1 amide bonds. The Bertz CT molecular complexity index is 791. The summed E-state index contributed by atoms with van der Waals surface area (Å²) in [5.41, 5.74) is 2.92. The molecule has 0 aromatic heterocycles. The Balaban J connectivity index is 1.75. The van der Waals surface area contributed by atoms with Crippen molar-refractivity contribution in [1.29, 1.82) is 0 Å².